The minimum atomic E-state index is 0.728. The molecule has 5 rings (SSSR count). The fourth-order valence-corrected chi connectivity index (χ4v) is 4.03. The molecule has 0 amide bonds. The summed E-state index contributed by atoms with van der Waals surface area (Å²) in [6.07, 6.45) is 1.80. The van der Waals surface area contributed by atoms with Crippen LogP contribution in [0, 0.1) is 0 Å². The van der Waals surface area contributed by atoms with Gasteiger partial charge in [0.15, 0.2) is 5.65 Å². The molecule has 0 radical (unpaired) electrons. The maximum absolute atomic E-state index is 5.35. The fraction of sp³-hybridized carbons (Fsp3) is 0.292. The first kappa shape index (κ1) is 20.3. The fourth-order valence-electron chi connectivity index (χ4n) is 4.03. The second-order valence-corrected chi connectivity index (χ2v) is 7.98. The highest BCUT2D eigenvalue weighted by Gasteiger charge is 2.21. The Hall–Kier alpha value is -3.65. The Labute approximate surface area is 187 Å². The maximum atomic E-state index is 5.35. The number of aromatic nitrogens is 4. The number of hydrogen-bond acceptors (Lipinski definition) is 7. The lowest BCUT2D eigenvalue weighted by molar-refractivity contribution is 0.249. The number of benzene rings is 2. The summed E-state index contributed by atoms with van der Waals surface area (Å²) in [6, 6.07) is 18.4. The normalized spacial score (nSPS) is 14.6. The molecule has 2 aromatic carbocycles. The van der Waals surface area contributed by atoms with Crippen LogP contribution in [0.3, 0.4) is 0 Å². The number of hydrogen-bond donors (Lipinski definition) is 1. The zero-order valence-electron chi connectivity index (χ0n) is 18.4. The predicted octanol–water partition coefficient (Wildman–Crippen LogP) is 3.44. The lowest BCUT2D eigenvalue weighted by atomic mass is 10.2. The third-order valence-electron chi connectivity index (χ3n) is 5.82. The largest absolute Gasteiger partial charge is 0.497 e. The van der Waals surface area contributed by atoms with Crippen LogP contribution in [0.25, 0.3) is 11.0 Å². The number of piperazine rings is 1. The lowest BCUT2D eigenvalue weighted by Crippen LogP contribution is -2.46. The number of aryl methyl sites for hydroxylation is 1. The van der Waals surface area contributed by atoms with E-state index in [1.807, 2.05) is 31.3 Å². The van der Waals surface area contributed by atoms with Gasteiger partial charge in [-0.25, -0.2) is 0 Å². The van der Waals surface area contributed by atoms with Crippen LogP contribution < -0.4 is 15.0 Å². The van der Waals surface area contributed by atoms with Crippen LogP contribution in [0.4, 0.5) is 17.5 Å². The average molecular weight is 430 g/mol. The van der Waals surface area contributed by atoms with Crippen molar-refractivity contribution in [1.82, 2.24) is 24.6 Å². The smallest absolute Gasteiger partial charge is 0.229 e. The minimum Gasteiger partial charge on any atom is -0.497 e. The summed E-state index contributed by atoms with van der Waals surface area (Å²) in [6.45, 7) is 4.68. The summed E-state index contributed by atoms with van der Waals surface area (Å²) in [5, 5.41) is 8.72. The van der Waals surface area contributed by atoms with Crippen LogP contribution in [-0.2, 0) is 13.6 Å². The number of anilines is 3. The Kier molecular flexibility index (Phi) is 5.60. The average Bonchev–Trinajstić information content (AvgIpc) is 3.21. The monoisotopic (exact) mass is 429 g/mol. The molecule has 0 bridgehead atoms. The van der Waals surface area contributed by atoms with Crippen LogP contribution in [0.15, 0.2) is 60.8 Å². The Morgan fingerprint density at radius 1 is 0.969 bits per heavy atom. The summed E-state index contributed by atoms with van der Waals surface area (Å²) in [5.41, 5.74) is 3.07. The molecule has 32 heavy (non-hydrogen) atoms. The third-order valence-corrected chi connectivity index (χ3v) is 5.82. The topological polar surface area (TPSA) is 71.3 Å². The second-order valence-electron chi connectivity index (χ2n) is 7.98. The molecular formula is C24H27N7O. The highest BCUT2D eigenvalue weighted by molar-refractivity contribution is 5.89. The van der Waals surface area contributed by atoms with Crippen molar-refractivity contribution < 1.29 is 4.74 Å². The van der Waals surface area contributed by atoms with E-state index in [0.29, 0.717) is 0 Å². The van der Waals surface area contributed by atoms with Crippen molar-refractivity contribution in [1.29, 1.82) is 0 Å². The molecule has 1 saturated heterocycles. The van der Waals surface area contributed by atoms with E-state index in [1.54, 1.807) is 18.0 Å². The summed E-state index contributed by atoms with van der Waals surface area (Å²) < 4.78 is 7.15. The first-order chi connectivity index (χ1) is 15.7. The molecule has 0 saturated carbocycles. The molecule has 1 fully saturated rings. The third kappa shape index (κ3) is 4.22. The molecule has 8 heteroatoms. The van der Waals surface area contributed by atoms with E-state index in [1.165, 1.54) is 5.56 Å². The van der Waals surface area contributed by atoms with Gasteiger partial charge in [-0.05, 0) is 17.7 Å². The van der Waals surface area contributed by atoms with Gasteiger partial charge in [0, 0.05) is 51.5 Å². The van der Waals surface area contributed by atoms with Gasteiger partial charge in [0.1, 0.15) is 11.6 Å². The highest BCUT2D eigenvalue weighted by atomic mass is 16.5. The Balaban J connectivity index is 1.37. The van der Waals surface area contributed by atoms with Crippen molar-refractivity contribution in [3.63, 3.8) is 0 Å². The van der Waals surface area contributed by atoms with Crippen molar-refractivity contribution in [3.8, 4) is 5.75 Å². The zero-order chi connectivity index (χ0) is 21.9. The van der Waals surface area contributed by atoms with Gasteiger partial charge in [-0.3, -0.25) is 9.58 Å². The van der Waals surface area contributed by atoms with Crippen LogP contribution in [0.1, 0.15) is 5.56 Å². The summed E-state index contributed by atoms with van der Waals surface area (Å²) in [7, 11) is 3.57. The van der Waals surface area contributed by atoms with Crippen molar-refractivity contribution in [2.45, 2.75) is 6.54 Å². The molecule has 1 N–H and O–H groups in total. The molecule has 1 aliphatic heterocycles. The van der Waals surface area contributed by atoms with Crippen LogP contribution in [0.5, 0.6) is 5.75 Å². The standard InChI is InChI=1S/C24H27N7O/c1-29-23-21(16-25-29)22(26-19-9-6-10-20(15-19)32-2)27-24(28-23)31-13-11-30(12-14-31)17-18-7-4-3-5-8-18/h3-10,15-16H,11-14,17H2,1-2H3,(H,26,27,28). The number of fused-ring (bicyclic) bond motifs is 1. The van der Waals surface area contributed by atoms with Gasteiger partial charge >= 0.3 is 0 Å². The minimum absolute atomic E-state index is 0.728. The van der Waals surface area contributed by atoms with E-state index in [-0.39, 0.29) is 0 Å². The molecule has 0 unspecified atom stereocenters. The quantitative estimate of drug-likeness (QED) is 0.503. The van der Waals surface area contributed by atoms with Gasteiger partial charge in [-0.15, -0.1) is 0 Å². The number of rotatable bonds is 6. The van der Waals surface area contributed by atoms with Gasteiger partial charge in [0.2, 0.25) is 5.95 Å². The van der Waals surface area contributed by atoms with E-state index >= 15 is 0 Å². The molecule has 0 aliphatic carbocycles. The Morgan fingerprint density at radius 3 is 2.56 bits per heavy atom. The Bertz CT molecular complexity index is 1200. The molecule has 4 aromatic rings. The summed E-state index contributed by atoms with van der Waals surface area (Å²) >= 11 is 0. The first-order valence-electron chi connectivity index (χ1n) is 10.8. The molecule has 164 valence electrons. The van der Waals surface area contributed by atoms with Crippen LogP contribution in [0.2, 0.25) is 0 Å². The molecule has 0 spiro atoms. The lowest BCUT2D eigenvalue weighted by Gasteiger charge is -2.34. The molecular weight excluding hydrogens is 402 g/mol. The van der Waals surface area contributed by atoms with Crippen molar-refractivity contribution >= 4 is 28.5 Å². The van der Waals surface area contributed by atoms with E-state index < -0.39 is 0 Å². The first-order valence-corrected chi connectivity index (χ1v) is 10.8. The number of nitrogens with zero attached hydrogens (tertiary/aromatic N) is 6. The van der Waals surface area contributed by atoms with Gasteiger partial charge in [0.05, 0.1) is 18.7 Å². The molecule has 2 aromatic heterocycles. The summed E-state index contributed by atoms with van der Waals surface area (Å²) in [5.74, 6) is 2.27. The van der Waals surface area contributed by atoms with E-state index in [4.69, 9.17) is 14.7 Å². The predicted molar refractivity (Wildman–Crippen MR) is 127 cm³/mol. The maximum Gasteiger partial charge on any atom is 0.229 e. The number of nitrogens with one attached hydrogen (secondary N) is 1. The van der Waals surface area contributed by atoms with Gasteiger partial charge in [-0.2, -0.15) is 15.1 Å². The van der Waals surface area contributed by atoms with Crippen LogP contribution >= 0.6 is 0 Å². The second kappa shape index (κ2) is 8.84. The molecule has 0 atom stereocenters. The molecule has 3 heterocycles. The van der Waals surface area contributed by atoms with E-state index in [2.05, 4.69) is 50.5 Å². The van der Waals surface area contributed by atoms with Gasteiger partial charge in [-0.1, -0.05) is 36.4 Å². The highest BCUT2D eigenvalue weighted by Crippen LogP contribution is 2.28. The van der Waals surface area contributed by atoms with Gasteiger partial charge < -0.3 is 15.0 Å². The number of ether oxygens (including phenoxy) is 1. The summed E-state index contributed by atoms with van der Waals surface area (Å²) in [4.78, 5) is 14.5. The number of methoxy groups -OCH3 is 1. The van der Waals surface area contributed by atoms with Crippen molar-refractivity contribution in [2.24, 2.45) is 7.05 Å². The molecule has 8 nitrogen and oxygen atoms in total. The van der Waals surface area contributed by atoms with Gasteiger partial charge in [0.25, 0.3) is 0 Å². The van der Waals surface area contributed by atoms with Crippen molar-refractivity contribution in [3.05, 3.63) is 66.4 Å². The van der Waals surface area contributed by atoms with Crippen molar-refractivity contribution in [2.75, 3.05) is 43.5 Å². The zero-order valence-corrected chi connectivity index (χ0v) is 18.4. The SMILES string of the molecule is COc1cccc(Nc2nc(N3CCN(Cc4ccccc4)CC3)nc3c2cnn3C)c1. The molecule has 1 aliphatic rings. The van der Waals surface area contributed by atoms with Crippen LogP contribution in [-0.4, -0.2) is 57.9 Å². The Morgan fingerprint density at radius 2 is 1.78 bits per heavy atom. The van der Waals surface area contributed by atoms with E-state index in [0.717, 1.165) is 67.0 Å². The van der Waals surface area contributed by atoms with E-state index in [9.17, 15) is 0 Å².